The largest absolute Gasteiger partial charge is 0.376 e. The van der Waals surface area contributed by atoms with Crippen molar-refractivity contribution < 1.29 is 43.9 Å². The zero-order valence-corrected chi connectivity index (χ0v) is 43.1. The first kappa shape index (κ1) is 56.3. The first-order valence-electron chi connectivity index (χ1n) is 25.3. The van der Waals surface area contributed by atoms with E-state index in [9.17, 15) is 33.9 Å². The zero-order valence-electron chi connectivity index (χ0n) is 43.1. The lowest BCUT2D eigenvalue weighted by Gasteiger charge is -2.35. The van der Waals surface area contributed by atoms with Crippen LogP contribution < -0.4 is 21.6 Å². The van der Waals surface area contributed by atoms with Crippen LogP contribution in [0.3, 0.4) is 0 Å². The molecule has 2 unspecified atom stereocenters. The van der Waals surface area contributed by atoms with Crippen molar-refractivity contribution in [1.82, 2.24) is 31.4 Å². The number of amides is 6. The van der Waals surface area contributed by atoms with Crippen LogP contribution in [0.1, 0.15) is 139 Å². The van der Waals surface area contributed by atoms with E-state index < -0.39 is 17.1 Å². The maximum Gasteiger partial charge on any atom is 0.253 e. The first-order chi connectivity index (χ1) is 36.2. The molecule has 6 N–H and O–H groups in total. The Bertz CT molecular complexity index is 2840. The lowest BCUT2D eigenvalue weighted by molar-refractivity contribution is -0.143. The van der Waals surface area contributed by atoms with E-state index in [1.807, 2.05) is 60.7 Å². The lowest BCUT2D eigenvalue weighted by Crippen LogP contribution is -2.40. The second kappa shape index (κ2) is 27.3. The van der Waals surface area contributed by atoms with Gasteiger partial charge in [0, 0.05) is 76.4 Å². The van der Waals surface area contributed by atoms with Crippen molar-refractivity contribution in [2.75, 3.05) is 41.3 Å². The van der Waals surface area contributed by atoms with Crippen molar-refractivity contribution in [2.45, 2.75) is 75.4 Å². The topological polar surface area (TPSA) is 207 Å². The van der Waals surface area contributed by atoms with Gasteiger partial charge in [-0.3, -0.25) is 38.8 Å². The molecule has 2 atom stereocenters. The third-order valence-electron chi connectivity index (χ3n) is 13.0. The van der Waals surface area contributed by atoms with Crippen LogP contribution in [0.25, 0.3) is 0 Å². The van der Waals surface area contributed by atoms with Crippen LogP contribution in [0.15, 0.2) is 158 Å². The third-order valence-corrected chi connectivity index (χ3v) is 13.0. The van der Waals surface area contributed by atoms with Gasteiger partial charge in [-0.25, -0.2) is 11.0 Å². The Balaban J connectivity index is 1.05. The molecule has 0 heterocycles. The van der Waals surface area contributed by atoms with Gasteiger partial charge in [0.15, 0.2) is 5.60 Å². The zero-order chi connectivity index (χ0) is 53.8. The van der Waals surface area contributed by atoms with Crippen molar-refractivity contribution in [1.29, 1.82) is 0 Å². The van der Waals surface area contributed by atoms with E-state index in [0.717, 1.165) is 32.1 Å². The number of hydroxylamine groups is 2. The van der Waals surface area contributed by atoms with Crippen molar-refractivity contribution in [3.63, 3.8) is 0 Å². The van der Waals surface area contributed by atoms with Gasteiger partial charge in [-0.1, -0.05) is 135 Å². The first-order valence-corrected chi connectivity index (χ1v) is 25.3. The molecule has 6 aromatic rings. The highest BCUT2D eigenvalue weighted by atomic mass is 16.7. The van der Waals surface area contributed by atoms with Crippen LogP contribution >= 0.6 is 0 Å². The summed E-state index contributed by atoms with van der Waals surface area (Å²) in [6, 6.07) is 46.3. The molecule has 75 heavy (non-hydrogen) atoms. The molecule has 0 radical (unpaired) electrons. The average Bonchev–Trinajstić information content (AvgIpc) is 3.44. The second-order valence-electron chi connectivity index (χ2n) is 18.8. The Morgan fingerprint density at radius 1 is 0.440 bits per heavy atom. The molecule has 392 valence electrons. The number of unbranched alkanes of at least 4 members (excludes halogenated alkanes) is 6. The average molecular weight is 1020 g/mol. The predicted octanol–water partition coefficient (Wildman–Crippen LogP) is 8.28. The Kier molecular flexibility index (Phi) is 20.5. The van der Waals surface area contributed by atoms with Crippen LogP contribution in [0.2, 0.25) is 0 Å². The molecule has 0 aliphatic heterocycles. The van der Waals surface area contributed by atoms with Gasteiger partial charge in [0.05, 0.1) is 0 Å². The van der Waals surface area contributed by atoms with Gasteiger partial charge in [0.2, 0.25) is 11.8 Å². The number of hydrogen-bond acceptors (Lipinski definition) is 9. The molecular formula is C60H68N6O9. The summed E-state index contributed by atoms with van der Waals surface area (Å²) in [5.41, 5.74) is 6.73. The number of carbonyl (C=O) groups excluding carboxylic acids is 6. The van der Waals surface area contributed by atoms with Crippen LogP contribution in [-0.2, 0) is 25.6 Å². The van der Waals surface area contributed by atoms with E-state index in [-0.39, 0.29) is 42.4 Å². The Morgan fingerprint density at radius 3 is 1.33 bits per heavy atom. The van der Waals surface area contributed by atoms with Gasteiger partial charge < -0.3 is 25.5 Å². The van der Waals surface area contributed by atoms with E-state index in [1.165, 1.54) is 9.80 Å². The summed E-state index contributed by atoms with van der Waals surface area (Å²) in [6.07, 6.45) is 6.08. The maximum atomic E-state index is 13.6. The van der Waals surface area contributed by atoms with Gasteiger partial charge in [-0.15, -0.1) is 0 Å². The second-order valence-corrected chi connectivity index (χ2v) is 18.8. The van der Waals surface area contributed by atoms with E-state index in [0.29, 0.717) is 88.0 Å². The third kappa shape index (κ3) is 14.6. The number of rotatable bonds is 26. The van der Waals surface area contributed by atoms with Gasteiger partial charge >= 0.3 is 0 Å². The molecule has 15 heteroatoms. The summed E-state index contributed by atoms with van der Waals surface area (Å²) in [6.45, 7) is 0.870. The highest BCUT2D eigenvalue weighted by Crippen LogP contribution is 2.41. The molecule has 0 aromatic heterocycles. The molecule has 0 saturated carbocycles. The minimum absolute atomic E-state index is 0.169. The van der Waals surface area contributed by atoms with E-state index in [2.05, 4.69) is 16.1 Å². The highest BCUT2D eigenvalue weighted by Gasteiger charge is 2.40. The minimum atomic E-state index is -1.60. The summed E-state index contributed by atoms with van der Waals surface area (Å²) < 4.78 is 0. The fourth-order valence-electron chi connectivity index (χ4n) is 8.87. The summed E-state index contributed by atoms with van der Waals surface area (Å²) in [7, 11) is 6.71. The van der Waals surface area contributed by atoms with Gasteiger partial charge in [-0.2, -0.15) is 0 Å². The fourth-order valence-corrected chi connectivity index (χ4v) is 8.87. The van der Waals surface area contributed by atoms with Crippen molar-refractivity contribution in [3.05, 3.63) is 213 Å². The monoisotopic (exact) mass is 1020 g/mol. The molecule has 0 bridgehead atoms. The van der Waals surface area contributed by atoms with E-state index in [1.54, 1.807) is 131 Å². The van der Waals surface area contributed by atoms with E-state index in [4.69, 9.17) is 10.0 Å². The number of benzene rings is 6. The van der Waals surface area contributed by atoms with Crippen molar-refractivity contribution in [3.8, 4) is 0 Å². The molecule has 0 aliphatic carbocycles. The van der Waals surface area contributed by atoms with Crippen LogP contribution in [0.5, 0.6) is 0 Å². The molecule has 6 rings (SSSR count). The van der Waals surface area contributed by atoms with Gasteiger partial charge in [0.1, 0.15) is 5.60 Å². The molecule has 6 amide bonds. The number of carbonyl (C=O) groups is 6. The van der Waals surface area contributed by atoms with Gasteiger partial charge in [0.25, 0.3) is 23.6 Å². The van der Waals surface area contributed by atoms with Crippen LogP contribution in [0.4, 0.5) is 0 Å². The maximum absolute atomic E-state index is 13.6. The number of aliphatic hydroxyl groups is 1. The molecule has 15 nitrogen and oxygen atoms in total. The van der Waals surface area contributed by atoms with E-state index >= 15 is 0 Å². The molecule has 0 spiro atoms. The molecule has 6 aromatic carbocycles. The Labute approximate surface area is 439 Å². The summed E-state index contributed by atoms with van der Waals surface area (Å²) >= 11 is 0. The summed E-state index contributed by atoms with van der Waals surface area (Å²) in [4.78, 5) is 86.6. The normalized spacial score (nSPS) is 12.6. The predicted molar refractivity (Wildman–Crippen MR) is 287 cm³/mol. The van der Waals surface area contributed by atoms with Gasteiger partial charge in [-0.05, 0) is 108 Å². The standard InChI is InChI=1S/C60H68N6O9/c1-65(2)57(71)45-32-38-51(39-33-45)60(49-23-13-10-14-24-49,50-36-30-44(31-37-50)56(70)62-40-17-7-5-15-26-53(67)63-74)75-64-54(68)27-16-6-8-18-41-61-55(69)43-28-34-48(35-29-43)59(73,47-21-11-9-12-22-47)52-25-19-20-46(42-52)58(72)66(3)4/h9-14,19-25,28-39,42,73-74H,5-8,15-18,26-27,40-41H2,1-4H3,(H,61,69)(H,62,70)(H,63,67)(H,64,68). The smallest absolute Gasteiger partial charge is 0.253 e. The Morgan fingerprint density at radius 2 is 0.840 bits per heavy atom. The lowest BCUT2D eigenvalue weighted by atomic mass is 9.79. The minimum Gasteiger partial charge on any atom is -0.376 e. The number of nitrogens with one attached hydrogen (secondary N) is 4. The molecule has 0 aliphatic rings. The molecule has 0 saturated heterocycles. The molecule has 0 fully saturated rings. The van der Waals surface area contributed by atoms with Crippen LogP contribution in [-0.4, -0.2) is 96.8 Å². The SMILES string of the molecule is CN(C)C(=O)c1ccc(C(ONC(=O)CCCCCCNC(=O)c2ccc(C(O)(c3ccccc3)c3cccc(C(=O)N(C)C)c3)cc2)(c2ccccc2)c2ccc(C(=O)NCCCCCCC(=O)NO)cc2)cc1. The summed E-state index contributed by atoms with van der Waals surface area (Å²) in [5.74, 6) is -1.63. The van der Waals surface area contributed by atoms with Crippen molar-refractivity contribution >= 4 is 35.4 Å². The highest BCUT2D eigenvalue weighted by molar-refractivity contribution is 5.96. The fraction of sp³-hybridized carbons (Fsp3) is 0.300. The Hall–Kier alpha value is -7.98. The summed E-state index contributed by atoms with van der Waals surface area (Å²) in [5, 5.41) is 27.0. The quantitative estimate of drug-likeness (QED) is 0.0134. The molecular weight excluding hydrogens is 949 g/mol. The van der Waals surface area contributed by atoms with Crippen molar-refractivity contribution in [2.24, 2.45) is 0 Å². The number of hydrogen-bond donors (Lipinski definition) is 6. The van der Waals surface area contributed by atoms with Crippen LogP contribution in [0, 0.1) is 0 Å². The number of nitrogens with zero attached hydrogens (tertiary/aromatic N) is 2.